The molecule has 1 N–H and O–H groups in total. The van der Waals surface area contributed by atoms with Gasteiger partial charge in [0.2, 0.25) is 0 Å². The zero-order chi connectivity index (χ0) is 33.8. The van der Waals surface area contributed by atoms with Gasteiger partial charge in [-0.05, 0) is 115 Å². The van der Waals surface area contributed by atoms with Crippen LogP contribution in [0.2, 0.25) is 0 Å². The second-order valence-corrected chi connectivity index (χ2v) is 15.4. The average molecular weight is 664 g/mol. The van der Waals surface area contributed by atoms with Crippen molar-refractivity contribution in [2.75, 3.05) is 32.8 Å². The van der Waals surface area contributed by atoms with Crippen LogP contribution in [-0.4, -0.2) is 60.4 Å². The zero-order valence-electron chi connectivity index (χ0n) is 31.2. The zero-order valence-corrected chi connectivity index (χ0v) is 31.2. The highest BCUT2D eigenvalue weighted by molar-refractivity contribution is 5.70. The molecule has 6 heteroatoms. The third-order valence-electron chi connectivity index (χ3n) is 10.9. The number of rotatable bonds is 27. The van der Waals surface area contributed by atoms with Crippen LogP contribution in [-0.2, 0) is 19.1 Å². The van der Waals surface area contributed by atoms with Crippen LogP contribution in [0.3, 0.4) is 0 Å². The van der Waals surface area contributed by atoms with Gasteiger partial charge in [-0.15, -0.1) is 0 Å². The van der Waals surface area contributed by atoms with E-state index in [-0.39, 0.29) is 11.9 Å². The molecule has 0 radical (unpaired) electrons. The molecule has 2 aliphatic rings. The third kappa shape index (κ3) is 22.2. The van der Waals surface area contributed by atoms with Crippen molar-refractivity contribution in [2.24, 2.45) is 11.8 Å². The molecule has 6 nitrogen and oxygen atoms in total. The third-order valence-corrected chi connectivity index (χ3v) is 10.9. The lowest BCUT2D eigenvalue weighted by molar-refractivity contribution is -0.146. The number of nitrogens with zero attached hydrogens (tertiary/aromatic N) is 1. The first-order valence-corrected chi connectivity index (χ1v) is 20.7. The Balaban J connectivity index is 1.63. The topological polar surface area (TPSA) is 76.1 Å². The summed E-state index contributed by atoms with van der Waals surface area (Å²) in [6, 6.07) is 0. The second-order valence-electron chi connectivity index (χ2n) is 15.4. The van der Waals surface area contributed by atoms with Crippen molar-refractivity contribution in [3.63, 3.8) is 0 Å². The van der Waals surface area contributed by atoms with Crippen LogP contribution in [0.25, 0.3) is 0 Å². The van der Waals surface area contributed by atoms with Gasteiger partial charge in [0.15, 0.2) is 0 Å². The fraction of sp³-hybridized carbons (Fsp3) is 0.951. The first-order valence-electron chi connectivity index (χ1n) is 20.7. The molecule has 276 valence electrons. The van der Waals surface area contributed by atoms with Crippen molar-refractivity contribution >= 4 is 11.9 Å². The average Bonchev–Trinajstić information content (AvgIpc) is 3.47. The molecule has 2 aliphatic carbocycles. The van der Waals surface area contributed by atoms with Crippen molar-refractivity contribution in [3.05, 3.63) is 0 Å². The van der Waals surface area contributed by atoms with Gasteiger partial charge in [0.1, 0.15) is 0 Å². The Labute approximate surface area is 290 Å². The number of unbranched alkanes of at least 4 members (excludes halogenated alkanes) is 7. The van der Waals surface area contributed by atoms with Gasteiger partial charge in [-0.1, -0.05) is 104 Å². The maximum Gasteiger partial charge on any atom is 0.306 e. The standard InChI is InChI=1S/C41H77NO5/c1-3-30-42(31-4-2)32-20-19-29-41(45,27-17-9-11-21-33-46-39(43)35-37-23-13-5-6-14-24-37)28-18-10-12-22-34-47-40(44)36-38-25-15-7-8-16-26-38/h37-38,45H,3-36H2,1-2H3. The molecule has 0 atom stereocenters. The van der Waals surface area contributed by atoms with Crippen molar-refractivity contribution in [2.45, 2.75) is 206 Å². The summed E-state index contributed by atoms with van der Waals surface area (Å²) < 4.78 is 11.2. The van der Waals surface area contributed by atoms with Crippen molar-refractivity contribution in [1.82, 2.24) is 4.90 Å². The minimum absolute atomic E-state index is 0.00399. The maximum atomic E-state index is 12.3. The summed E-state index contributed by atoms with van der Waals surface area (Å²) in [6.45, 7) is 9.07. The van der Waals surface area contributed by atoms with Crippen molar-refractivity contribution < 1.29 is 24.2 Å². The van der Waals surface area contributed by atoms with E-state index in [4.69, 9.17) is 9.47 Å². The molecule has 0 spiro atoms. The number of esters is 2. The monoisotopic (exact) mass is 664 g/mol. The molecule has 0 aromatic heterocycles. The highest BCUT2D eigenvalue weighted by Gasteiger charge is 2.25. The van der Waals surface area contributed by atoms with E-state index in [2.05, 4.69) is 18.7 Å². The van der Waals surface area contributed by atoms with Gasteiger partial charge in [-0.25, -0.2) is 0 Å². The van der Waals surface area contributed by atoms with E-state index in [9.17, 15) is 14.7 Å². The van der Waals surface area contributed by atoms with E-state index in [0.717, 1.165) is 90.0 Å². The van der Waals surface area contributed by atoms with Gasteiger partial charge in [-0.2, -0.15) is 0 Å². The van der Waals surface area contributed by atoms with Gasteiger partial charge in [0, 0.05) is 12.8 Å². The normalized spacial score (nSPS) is 17.0. The molecule has 0 bridgehead atoms. The molecule has 0 amide bonds. The van der Waals surface area contributed by atoms with Crippen LogP contribution in [0.15, 0.2) is 0 Å². The second kappa shape index (κ2) is 27.7. The molecule has 47 heavy (non-hydrogen) atoms. The smallest absolute Gasteiger partial charge is 0.306 e. The SMILES string of the molecule is CCCN(CCC)CCCCC(O)(CCCCCCOC(=O)CC1CCCCCC1)CCCCCCOC(=O)CC1CCCCCC1. The van der Waals surface area contributed by atoms with E-state index < -0.39 is 5.60 Å². The lowest BCUT2D eigenvalue weighted by Gasteiger charge is -2.29. The predicted molar refractivity (Wildman–Crippen MR) is 196 cm³/mol. The molecular weight excluding hydrogens is 586 g/mol. The minimum atomic E-state index is -0.587. The van der Waals surface area contributed by atoms with Crippen molar-refractivity contribution in [3.8, 4) is 0 Å². The first kappa shape index (κ1) is 42.0. The lowest BCUT2D eigenvalue weighted by atomic mass is 9.85. The largest absolute Gasteiger partial charge is 0.466 e. The quantitative estimate of drug-likeness (QED) is 0.0535. The summed E-state index contributed by atoms with van der Waals surface area (Å²) in [6.07, 6.45) is 31.7. The Morgan fingerprint density at radius 3 is 1.34 bits per heavy atom. The number of ether oxygens (including phenoxy) is 2. The van der Waals surface area contributed by atoms with E-state index >= 15 is 0 Å². The molecule has 2 saturated carbocycles. The van der Waals surface area contributed by atoms with Crippen LogP contribution in [0.1, 0.15) is 200 Å². The van der Waals surface area contributed by atoms with E-state index in [1.165, 1.54) is 103 Å². The van der Waals surface area contributed by atoms with Crippen LogP contribution in [0.5, 0.6) is 0 Å². The minimum Gasteiger partial charge on any atom is -0.466 e. The summed E-state index contributed by atoms with van der Waals surface area (Å²) in [5.74, 6) is 1.05. The summed E-state index contributed by atoms with van der Waals surface area (Å²) in [5.41, 5.74) is -0.587. The van der Waals surface area contributed by atoms with Gasteiger partial charge in [0.25, 0.3) is 0 Å². The van der Waals surface area contributed by atoms with E-state index in [1.54, 1.807) is 0 Å². The lowest BCUT2D eigenvalue weighted by Crippen LogP contribution is -2.30. The molecule has 0 aromatic rings. The fourth-order valence-corrected chi connectivity index (χ4v) is 8.05. The van der Waals surface area contributed by atoms with Gasteiger partial charge in [-0.3, -0.25) is 9.59 Å². The molecule has 0 saturated heterocycles. The van der Waals surface area contributed by atoms with Crippen molar-refractivity contribution in [1.29, 1.82) is 0 Å². The Morgan fingerprint density at radius 1 is 0.553 bits per heavy atom. The highest BCUT2D eigenvalue weighted by Crippen LogP contribution is 2.29. The number of hydrogen-bond donors (Lipinski definition) is 1. The summed E-state index contributed by atoms with van der Waals surface area (Å²) >= 11 is 0. The molecule has 0 unspecified atom stereocenters. The Morgan fingerprint density at radius 2 is 0.936 bits per heavy atom. The summed E-state index contributed by atoms with van der Waals surface area (Å²) in [4.78, 5) is 27.2. The molecule has 2 fully saturated rings. The number of carbonyl (C=O) groups excluding carboxylic acids is 2. The Kier molecular flexibility index (Phi) is 24.7. The van der Waals surface area contributed by atoms with E-state index in [0.29, 0.717) is 37.9 Å². The molecule has 0 heterocycles. The Bertz CT molecular complexity index is 703. The highest BCUT2D eigenvalue weighted by atomic mass is 16.5. The molecule has 0 aliphatic heterocycles. The predicted octanol–water partition coefficient (Wildman–Crippen LogP) is 10.7. The van der Waals surface area contributed by atoms with Crippen LogP contribution < -0.4 is 0 Å². The fourth-order valence-electron chi connectivity index (χ4n) is 8.05. The summed E-state index contributed by atoms with van der Waals surface area (Å²) in [5, 5.41) is 11.7. The molecule has 0 aromatic carbocycles. The van der Waals surface area contributed by atoms with Gasteiger partial charge < -0.3 is 19.5 Å². The van der Waals surface area contributed by atoms with Crippen LogP contribution >= 0.6 is 0 Å². The number of hydrogen-bond acceptors (Lipinski definition) is 6. The van der Waals surface area contributed by atoms with Gasteiger partial charge in [0.05, 0.1) is 18.8 Å². The maximum absolute atomic E-state index is 12.3. The number of carbonyl (C=O) groups is 2. The molecule has 2 rings (SSSR count). The Hall–Kier alpha value is -1.14. The van der Waals surface area contributed by atoms with E-state index in [1.807, 2.05) is 0 Å². The first-order chi connectivity index (χ1) is 22.9. The van der Waals surface area contributed by atoms with Crippen LogP contribution in [0.4, 0.5) is 0 Å². The number of aliphatic hydroxyl groups is 1. The van der Waals surface area contributed by atoms with Crippen LogP contribution in [0, 0.1) is 11.8 Å². The van der Waals surface area contributed by atoms with Gasteiger partial charge >= 0.3 is 11.9 Å². The molecular formula is C41H77NO5. The summed E-state index contributed by atoms with van der Waals surface area (Å²) in [7, 11) is 0.